The van der Waals surface area contributed by atoms with E-state index in [0.29, 0.717) is 19.1 Å². The van der Waals surface area contributed by atoms with Gasteiger partial charge >= 0.3 is 0 Å². The van der Waals surface area contributed by atoms with E-state index in [4.69, 9.17) is 4.74 Å². The van der Waals surface area contributed by atoms with Crippen LogP contribution in [0.15, 0.2) is 12.4 Å². The first-order chi connectivity index (χ1) is 7.24. The Kier molecular flexibility index (Phi) is 5.03. The summed E-state index contributed by atoms with van der Waals surface area (Å²) in [6.45, 7) is 0.975. The summed E-state index contributed by atoms with van der Waals surface area (Å²) in [7, 11) is 1.62. The van der Waals surface area contributed by atoms with Crippen molar-refractivity contribution in [3.63, 3.8) is 0 Å². The monoisotopic (exact) mass is 219 g/mol. The van der Waals surface area contributed by atoms with E-state index >= 15 is 0 Å². The summed E-state index contributed by atoms with van der Waals surface area (Å²) in [5.74, 6) is 0.478. The standard InChI is InChI=1S/C9H15F2N3O/c1-15-6-2-3-12-9-13-4-5-14(9)7-8(10)11/h4-5,8H,2-3,6-7H2,1H3,(H,12,13). The highest BCUT2D eigenvalue weighted by molar-refractivity contribution is 5.25. The second-order valence-electron chi connectivity index (χ2n) is 3.07. The molecule has 0 aliphatic heterocycles. The summed E-state index contributed by atoms with van der Waals surface area (Å²) in [5.41, 5.74) is 0. The Balaban J connectivity index is 2.36. The second kappa shape index (κ2) is 6.34. The predicted octanol–water partition coefficient (Wildman–Crippen LogP) is 1.60. The highest BCUT2D eigenvalue weighted by Crippen LogP contribution is 2.07. The molecule has 4 nitrogen and oxygen atoms in total. The summed E-state index contributed by atoms with van der Waals surface area (Å²) in [5, 5.41) is 2.97. The third-order valence-corrected chi connectivity index (χ3v) is 1.86. The number of halogens is 2. The fourth-order valence-corrected chi connectivity index (χ4v) is 1.19. The molecule has 0 saturated carbocycles. The number of ether oxygens (including phenoxy) is 1. The van der Waals surface area contributed by atoms with Gasteiger partial charge in [-0.15, -0.1) is 0 Å². The molecule has 0 aliphatic rings. The van der Waals surface area contributed by atoms with Gasteiger partial charge in [0.2, 0.25) is 5.95 Å². The Morgan fingerprint density at radius 1 is 1.60 bits per heavy atom. The predicted molar refractivity (Wildman–Crippen MR) is 53.2 cm³/mol. The summed E-state index contributed by atoms with van der Waals surface area (Å²) < 4.78 is 30.5. The normalized spacial score (nSPS) is 10.9. The smallest absolute Gasteiger partial charge is 0.256 e. The molecule has 0 aliphatic carbocycles. The lowest BCUT2D eigenvalue weighted by Crippen LogP contribution is -2.13. The number of nitrogens with one attached hydrogen (secondary N) is 1. The SMILES string of the molecule is COCCCNc1nccn1CC(F)F. The average Bonchev–Trinajstić information content (AvgIpc) is 2.59. The first-order valence-electron chi connectivity index (χ1n) is 4.76. The van der Waals surface area contributed by atoms with Gasteiger partial charge in [0.05, 0.1) is 6.54 Å². The Bertz CT molecular complexity index is 278. The lowest BCUT2D eigenvalue weighted by Gasteiger charge is -2.08. The molecule has 0 bridgehead atoms. The van der Waals surface area contributed by atoms with Crippen molar-refractivity contribution in [1.29, 1.82) is 0 Å². The molecule has 1 aromatic rings. The molecule has 0 amide bonds. The van der Waals surface area contributed by atoms with Gasteiger partial charge in [-0.05, 0) is 6.42 Å². The van der Waals surface area contributed by atoms with Gasteiger partial charge in [-0.2, -0.15) is 0 Å². The van der Waals surface area contributed by atoms with E-state index in [-0.39, 0.29) is 6.54 Å². The number of methoxy groups -OCH3 is 1. The molecule has 0 unspecified atom stereocenters. The molecule has 0 aromatic carbocycles. The van der Waals surface area contributed by atoms with Crippen LogP contribution in [0.4, 0.5) is 14.7 Å². The summed E-state index contributed by atoms with van der Waals surface area (Å²) in [6, 6.07) is 0. The zero-order valence-electron chi connectivity index (χ0n) is 8.62. The maximum absolute atomic E-state index is 12.1. The molecule has 0 spiro atoms. The molecule has 1 heterocycles. The van der Waals surface area contributed by atoms with Crippen molar-refractivity contribution >= 4 is 5.95 Å². The van der Waals surface area contributed by atoms with Gasteiger partial charge in [-0.3, -0.25) is 0 Å². The van der Waals surface area contributed by atoms with Crippen LogP contribution in [0.25, 0.3) is 0 Å². The molecule has 6 heteroatoms. The van der Waals surface area contributed by atoms with Crippen molar-refractivity contribution in [3.05, 3.63) is 12.4 Å². The molecule has 15 heavy (non-hydrogen) atoms. The van der Waals surface area contributed by atoms with Crippen molar-refractivity contribution in [2.75, 3.05) is 25.6 Å². The molecular weight excluding hydrogens is 204 g/mol. The van der Waals surface area contributed by atoms with Crippen LogP contribution in [0, 0.1) is 0 Å². The molecule has 86 valence electrons. The molecular formula is C9H15F2N3O. The molecule has 0 saturated heterocycles. The summed E-state index contributed by atoms with van der Waals surface area (Å²) >= 11 is 0. The van der Waals surface area contributed by atoms with Crippen molar-refractivity contribution in [1.82, 2.24) is 9.55 Å². The van der Waals surface area contributed by atoms with E-state index in [2.05, 4.69) is 10.3 Å². The van der Waals surface area contributed by atoms with Crippen LogP contribution in [-0.2, 0) is 11.3 Å². The quantitative estimate of drug-likeness (QED) is 0.708. The number of anilines is 1. The van der Waals surface area contributed by atoms with E-state index in [0.717, 1.165) is 6.42 Å². The number of imidazole rings is 1. The molecule has 0 fully saturated rings. The van der Waals surface area contributed by atoms with Crippen LogP contribution in [0.2, 0.25) is 0 Å². The third kappa shape index (κ3) is 4.24. The minimum Gasteiger partial charge on any atom is -0.385 e. The zero-order chi connectivity index (χ0) is 11.1. The number of rotatable bonds is 7. The molecule has 1 rings (SSSR count). The highest BCUT2D eigenvalue weighted by atomic mass is 19.3. The first-order valence-corrected chi connectivity index (χ1v) is 4.76. The third-order valence-electron chi connectivity index (χ3n) is 1.86. The lowest BCUT2D eigenvalue weighted by molar-refractivity contribution is 0.127. The summed E-state index contributed by atoms with van der Waals surface area (Å²) in [6.07, 6.45) is 1.49. The molecule has 0 atom stereocenters. The molecule has 1 N–H and O–H groups in total. The van der Waals surface area contributed by atoms with Gasteiger partial charge in [0, 0.05) is 32.7 Å². The Labute approximate surface area is 87.3 Å². The zero-order valence-corrected chi connectivity index (χ0v) is 8.62. The van der Waals surface area contributed by atoms with E-state index in [1.54, 1.807) is 7.11 Å². The Hall–Kier alpha value is -1.17. The van der Waals surface area contributed by atoms with E-state index in [1.807, 2.05) is 0 Å². The van der Waals surface area contributed by atoms with Crippen molar-refractivity contribution in [2.45, 2.75) is 19.4 Å². The number of alkyl halides is 2. The fourth-order valence-electron chi connectivity index (χ4n) is 1.19. The topological polar surface area (TPSA) is 39.1 Å². The fraction of sp³-hybridized carbons (Fsp3) is 0.667. The van der Waals surface area contributed by atoms with E-state index in [1.165, 1.54) is 17.0 Å². The van der Waals surface area contributed by atoms with Gasteiger partial charge in [-0.1, -0.05) is 0 Å². The van der Waals surface area contributed by atoms with Crippen LogP contribution in [0.5, 0.6) is 0 Å². The van der Waals surface area contributed by atoms with E-state index in [9.17, 15) is 8.78 Å². The first kappa shape index (κ1) is 11.9. The van der Waals surface area contributed by atoms with Crippen molar-refractivity contribution in [3.8, 4) is 0 Å². The summed E-state index contributed by atoms with van der Waals surface area (Å²) in [4.78, 5) is 3.94. The van der Waals surface area contributed by atoms with Crippen LogP contribution in [-0.4, -0.2) is 36.2 Å². The van der Waals surface area contributed by atoms with Gasteiger partial charge in [0.25, 0.3) is 6.43 Å². The number of aromatic nitrogens is 2. The van der Waals surface area contributed by atoms with Crippen LogP contribution in [0.3, 0.4) is 0 Å². The lowest BCUT2D eigenvalue weighted by atomic mass is 10.4. The van der Waals surface area contributed by atoms with Gasteiger partial charge in [-0.25, -0.2) is 13.8 Å². The van der Waals surface area contributed by atoms with Crippen LogP contribution < -0.4 is 5.32 Å². The van der Waals surface area contributed by atoms with Crippen molar-refractivity contribution < 1.29 is 13.5 Å². The van der Waals surface area contributed by atoms with Crippen LogP contribution in [0.1, 0.15) is 6.42 Å². The van der Waals surface area contributed by atoms with Crippen molar-refractivity contribution in [2.24, 2.45) is 0 Å². The van der Waals surface area contributed by atoms with E-state index < -0.39 is 6.43 Å². The number of hydrogen-bond acceptors (Lipinski definition) is 3. The molecule has 0 radical (unpaired) electrons. The average molecular weight is 219 g/mol. The minimum absolute atomic E-state index is 0.327. The maximum Gasteiger partial charge on any atom is 0.256 e. The number of hydrogen-bond donors (Lipinski definition) is 1. The largest absolute Gasteiger partial charge is 0.385 e. The maximum atomic E-state index is 12.1. The minimum atomic E-state index is -2.36. The highest BCUT2D eigenvalue weighted by Gasteiger charge is 2.07. The second-order valence-corrected chi connectivity index (χ2v) is 3.07. The Morgan fingerprint density at radius 3 is 3.07 bits per heavy atom. The van der Waals surface area contributed by atoms with Gasteiger partial charge in [0.1, 0.15) is 0 Å². The van der Waals surface area contributed by atoms with Gasteiger partial charge < -0.3 is 14.6 Å². The van der Waals surface area contributed by atoms with Crippen LogP contribution >= 0.6 is 0 Å². The Morgan fingerprint density at radius 2 is 2.40 bits per heavy atom. The number of nitrogens with zero attached hydrogens (tertiary/aromatic N) is 2. The molecule has 1 aromatic heterocycles. The van der Waals surface area contributed by atoms with Gasteiger partial charge in [0.15, 0.2) is 0 Å².